The van der Waals surface area contributed by atoms with Crippen molar-refractivity contribution in [1.82, 2.24) is 9.97 Å². The molecule has 0 bridgehead atoms. The fourth-order valence-electron chi connectivity index (χ4n) is 1.57. The molecule has 0 radical (unpaired) electrons. The molecule has 2 aromatic heterocycles. The van der Waals surface area contributed by atoms with E-state index in [1.807, 2.05) is 12.1 Å². The molecule has 0 fully saturated rings. The van der Waals surface area contributed by atoms with Crippen molar-refractivity contribution in [1.29, 1.82) is 0 Å². The van der Waals surface area contributed by atoms with E-state index in [2.05, 4.69) is 29.1 Å². The van der Waals surface area contributed by atoms with Crippen molar-refractivity contribution in [2.24, 2.45) is 0 Å². The maximum absolute atomic E-state index is 11.9. The summed E-state index contributed by atoms with van der Waals surface area (Å²) in [7, 11) is 0. The number of carbonyl (C=O) groups is 1. The van der Waals surface area contributed by atoms with Crippen LogP contribution in [0.15, 0.2) is 29.1 Å². The first-order chi connectivity index (χ1) is 8.58. The molecule has 18 heavy (non-hydrogen) atoms. The average Bonchev–Trinajstić information content (AvgIpc) is 2.76. The maximum atomic E-state index is 11.9. The minimum atomic E-state index is -0.335. The molecule has 0 aliphatic carbocycles. The molecule has 1 amide bonds. The zero-order valence-corrected chi connectivity index (χ0v) is 10.6. The first kappa shape index (κ1) is 12.3. The van der Waals surface area contributed by atoms with Crippen LogP contribution >= 0.6 is 0 Å². The van der Waals surface area contributed by atoms with Gasteiger partial charge in [-0.1, -0.05) is 13.8 Å². The summed E-state index contributed by atoms with van der Waals surface area (Å²) in [4.78, 5) is 19.9. The van der Waals surface area contributed by atoms with Gasteiger partial charge in [0.2, 0.25) is 5.76 Å². The normalized spacial score (nSPS) is 10.7. The van der Waals surface area contributed by atoms with Crippen LogP contribution in [-0.2, 0) is 0 Å². The van der Waals surface area contributed by atoms with Crippen LogP contribution in [0.4, 0.5) is 5.82 Å². The molecule has 0 unspecified atom stereocenters. The molecule has 0 aliphatic rings. The van der Waals surface area contributed by atoms with E-state index >= 15 is 0 Å². The highest BCUT2D eigenvalue weighted by Crippen LogP contribution is 2.17. The van der Waals surface area contributed by atoms with Crippen molar-refractivity contribution in [3.8, 4) is 0 Å². The van der Waals surface area contributed by atoms with E-state index in [1.54, 1.807) is 13.1 Å². The van der Waals surface area contributed by atoms with Gasteiger partial charge < -0.3 is 9.73 Å². The first-order valence-corrected chi connectivity index (χ1v) is 5.75. The molecular formula is C13H15N3O2. The zero-order chi connectivity index (χ0) is 13.1. The third-order valence-electron chi connectivity index (χ3n) is 2.64. The number of aryl methyl sites for hydroxylation is 1. The number of carbonyl (C=O) groups excluding carboxylic acids is 1. The molecule has 0 spiro atoms. The molecule has 2 rings (SSSR count). The van der Waals surface area contributed by atoms with E-state index in [0.29, 0.717) is 17.4 Å². The second-order valence-electron chi connectivity index (χ2n) is 4.35. The van der Waals surface area contributed by atoms with E-state index < -0.39 is 0 Å². The van der Waals surface area contributed by atoms with Crippen LogP contribution in [0.2, 0.25) is 0 Å². The van der Waals surface area contributed by atoms with Crippen molar-refractivity contribution in [3.63, 3.8) is 0 Å². The van der Waals surface area contributed by atoms with Gasteiger partial charge in [0.15, 0.2) is 6.39 Å². The lowest BCUT2D eigenvalue weighted by Gasteiger charge is -2.07. The molecule has 2 heterocycles. The molecule has 0 saturated carbocycles. The summed E-state index contributed by atoms with van der Waals surface area (Å²) in [5, 5.41) is 2.70. The summed E-state index contributed by atoms with van der Waals surface area (Å²) >= 11 is 0. The lowest BCUT2D eigenvalue weighted by atomic mass is 10.1. The van der Waals surface area contributed by atoms with Crippen molar-refractivity contribution < 1.29 is 9.21 Å². The van der Waals surface area contributed by atoms with Crippen LogP contribution in [0, 0.1) is 6.92 Å². The van der Waals surface area contributed by atoms with Gasteiger partial charge in [-0.25, -0.2) is 9.97 Å². The van der Waals surface area contributed by atoms with Gasteiger partial charge in [-0.15, -0.1) is 0 Å². The number of hydrogen-bond donors (Lipinski definition) is 1. The summed E-state index contributed by atoms with van der Waals surface area (Å²) in [6, 6.07) is 3.79. The Morgan fingerprint density at radius 3 is 2.78 bits per heavy atom. The first-order valence-electron chi connectivity index (χ1n) is 5.75. The molecule has 0 saturated heterocycles. The molecular weight excluding hydrogens is 230 g/mol. The van der Waals surface area contributed by atoms with Gasteiger partial charge in [-0.05, 0) is 30.5 Å². The molecule has 0 aromatic carbocycles. The number of pyridine rings is 1. The van der Waals surface area contributed by atoms with Gasteiger partial charge in [0.1, 0.15) is 5.82 Å². The molecule has 2 aromatic rings. The van der Waals surface area contributed by atoms with Crippen molar-refractivity contribution in [3.05, 3.63) is 41.7 Å². The number of hydrogen-bond acceptors (Lipinski definition) is 4. The number of nitrogens with zero attached hydrogens (tertiary/aromatic N) is 2. The Balaban J connectivity index is 2.17. The van der Waals surface area contributed by atoms with Gasteiger partial charge in [-0.3, -0.25) is 4.79 Å². The van der Waals surface area contributed by atoms with Gasteiger partial charge in [0, 0.05) is 6.20 Å². The summed E-state index contributed by atoms with van der Waals surface area (Å²) < 4.78 is 5.03. The van der Waals surface area contributed by atoms with Crippen LogP contribution in [-0.4, -0.2) is 15.9 Å². The van der Waals surface area contributed by atoms with Crippen LogP contribution in [0.1, 0.15) is 41.6 Å². The summed E-state index contributed by atoms with van der Waals surface area (Å²) in [5.74, 6) is 0.780. The maximum Gasteiger partial charge on any atom is 0.294 e. The third-order valence-corrected chi connectivity index (χ3v) is 2.64. The minimum absolute atomic E-state index is 0.215. The minimum Gasteiger partial charge on any atom is -0.438 e. The molecule has 1 N–H and O–H groups in total. The topological polar surface area (TPSA) is 68.0 Å². The van der Waals surface area contributed by atoms with Crippen molar-refractivity contribution >= 4 is 11.7 Å². The molecule has 5 nitrogen and oxygen atoms in total. The van der Waals surface area contributed by atoms with E-state index in [1.165, 1.54) is 6.39 Å². The van der Waals surface area contributed by atoms with Crippen LogP contribution in [0.25, 0.3) is 0 Å². The monoisotopic (exact) mass is 245 g/mol. The Labute approximate surface area is 105 Å². The quantitative estimate of drug-likeness (QED) is 0.902. The predicted molar refractivity (Wildman–Crippen MR) is 67.5 cm³/mol. The van der Waals surface area contributed by atoms with E-state index in [0.717, 1.165) is 5.56 Å². The largest absolute Gasteiger partial charge is 0.438 e. The number of rotatable bonds is 3. The third kappa shape index (κ3) is 2.56. The summed E-state index contributed by atoms with van der Waals surface area (Å²) in [6.07, 6.45) is 2.93. The molecule has 5 heteroatoms. The van der Waals surface area contributed by atoms with Crippen LogP contribution < -0.4 is 5.32 Å². The van der Waals surface area contributed by atoms with Gasteiger partial charge in [-0.2, -0.15) is 0 Å². The lowest BCUT2D eigenvalue weighted by molar-refractivity contribution is 0.0995. The Bertz CT molecular complexity index is 561. The molecule has 94 valence electrons. The Morgan fingerprint density at radius 1 is 1.39 bits per heavy atom. The zero-order valence-electron chi connectivity index (χ0n) is 10.6. The Kier molecular flexibility index (Phi) is 3.41. The van der Waals surface area contributed by atoms with Crippen LogP contribution in [0.5, 0.6) is 0 Å². The van der Waals surface area contributed by atoms with E-state index in [4.69, 9.17) is 4.42 Å². The average molecular weight is 245 g/mol. The highest BCUT2D eigenvalue weighted by atomic mass is 16.3. The fourth-order valence-corrected chi connectivity index (χ4v) is 1.57. The number of oxazole rings is 1. The number of anilines is 1. The lowest BCUT2D eigenvalue weighted by Crippen LogP contribution is -2.13. The second kappa shape index (κ2) is 5.00. The summed E-state index contributed by atoms with van der Waals surface area (Å²) in [6.45, 7) is 5.89. The highest BCUT2D eigenvalue weighted by molar-refractivity contribution is 6.02. The standard InChI is InChI=1S/C13H15N3O2/c1-8(2)10-4-5-14-11(6-10)16-13(17)12-9(3)15-7-18-12/h4-8H,1-3H3,(H,14,16,17). The summed E-state index contributed by atoms with van der Waals surface area (Å²) in [5.41, 5.74) is 1.68. The van der Waals surface area contributed by atoms with Crippen molar-refractivity contribution in [2.45, 2.75) is 26.7 Å². The molecule has 0 aliphatic heterocycles. The number of nitrogens with one attached hydrogen (secondary N) is 1. The fraction of sp³-hybridized carbons (Fsp3) is 0.308. The van der Waals surface area contributed by atoms with E-state index in [9.17, 15) is 4.79 Å². The predicted octanol–water partition coefficient (Wildman–Crippen LogP) is 2.75. The Morgan fingerprint density at radius 2 is 2.17 bits per heavy atom. The van der Waals surface area contributed by atoms with E-state index in [-0.39, 0.29) is 11.7 Å². The highest BCUT2D eigenvalue weighted by Gasteiger charge is 2.14. The Hall–Kier alpha value is -2.17. The SMILES string of the molecule is Cc1ncoc1C(=O)Nc1cc(C(C)C)ccn1. The number of aromatic nitrogens is 2. The van der Waals surface area contributed by atoms with Gasteiger partial charge in [0.25, 0.3) is 5.91 Å². The van der Waals surface area contributed by atoms with Crippen LogP contribution in [0.3, 0.4) is 0 Å². The molecule has 0 atom stereocenters. The van der Waals surface area contributed by atoms with Gasteiger partial charge in [0.05, 0.1) is 5.69 Å². The smallest absolute Gasteiger partial charge is 0.294 e. The van der Waals surface area contributed by atoms with Gasteiger partial charge >= 0.3 is 0 Å². The second-order valence-corrected chi connectivity index (χ2v) is 4.35. The number of amides is 1. The van der Waals surface area contributed by atoms with Crippen molar-refractivity contribution in [2.75, 3.05) is 5.32 Å².